The van der Waals surface area contributed by atoms with Gasteiger partial charge in [0, 0.05) is 0 Å². The quantitative estimate of drug-likeness (QED) is 0.736. The van der Waals surface area contributed by atoms with Crippen molar-refractivity contribution in [2.45, 2.75) is 20.8 Å². The number of amides is 2. The Hall–Kier alpha value is -2.42. The molecule has 3 heteroatoms. The van der Waals surface area contributed by atoms with E-state index in [1.807, 2.05) is 32.9 Å². The smallest absolute Gasteiger partial charge is 0.266 e. The van der Waals surface area contributed by atoms with Crippen molar-refractivity contribution in [2.24, 2.45) is 0 Å². The van der Waals surface area contributed by atoms with Crippen LogP contribution in [-0.4, -0.2) is 11.8 Å². The van der Waals surface area contributed by atoms with Crippen LogP contribution in [0.5, 0.6) is 0 Å². The molecule has 0 saturated heterocycles. The standard InChI is InChI=1S/C15H11NO2.C2H6/c1-10-6-8-11(9-7-10)16-14(17)12-4-2-3-5-13(12)15(16)18;1-2/h2-9H,1H3;1-2H3. The van der Waals surface area contributed by atoms with Crippen LogP contribution in [-0.2, 0) is 0 Å². The summed E-state index contributed by atoms with van der Waals surface area (Å²) in [5.74, 6) is -0.501. The maximum atomic E-state index is 12.2. The minimum absolute atomic E-state index is 0.251. The maximum Gasteiger partial charge on any atom is 0.266 e. The van der Waals surface area contributed by atoms with Crippen LogP contribution in [0.2, 0.25) is 0 Å². The summed E-state index contributed by atoms with van der Waals surface area (Å²) in [6, 6.07) is 14.3. The Kier molecular flexibility index (Phi) is 3.99. The topological polar surface area (TPSA) is 37.4 Å². The Morgan fingerprint density at radius 3 is 1.65 bits per heavy atom. The third-order valence-corrected chi connectivity index (χ3v) is 3.09. The second kappa shape index (κ2) is 5.70. The van der Waals surface area contributed by atoms with E-state index in [0.717, 1.165) is 5.56 Å². The minimum atomic E-state index is -0.251. The molecule has 1 heterocycles. The Morgan fingerprint density at radius 1 is 0.750 bits per heavy atom. The van der Waals surface area contributed by atoms with Gasteiger partial charge in [-0.1, -0.05) is 43.7 Å². The first-order valence-corrected chi connectivity index (χ1v) is 6.73. The summed E-state index contributed by atoms with van der Waals surface area (Å²) in [5, 5.41) is 0. The summed E-state index contributed by atoms with van der Waals surface area (Å²) in [7, 11) is 0. The first kappa shape index (κ1) is 14.0. The summed E-state index contributed by atoms with van der Waals surface area (Å²) in [5.41, 5.74) is 2.66. The molecule has 0 unspecified atom stereocenters. The average molecular weight is 267 g/mol. The number of hydrogen-bond acceptors (Lipinski definition) is 2. The molecular formula is C17H17NO2. The third kappa shape index (κ3) is 2.23. The van der Waals surface area contributed by atoms with Gasteiger partial charge in [0.2, 0.25) is 0 Å². The second-order valence-corrected chi connectivity index (χ2v) is 4.33. The first-order valence-electron chi connectivity index (χ1n) is 6.73. The minimum Gasteiger partial charge on any atom is -0.268 e. The zero-order valence-corrected chi connectivity index (χ0v) is 11.9. The largest absolute Gasteiger partial charge is 0.268 e. The van der Waals surface area contributed by atoms with Gasteiger partial charge in [0.15, 0.2) is 0 Å². The predicted octanol–water partition coefficient (Wildman–Crippen LogP) is 3.82. The molecule has 2 aromatic rings. The Bertz CT molecular complexity index is 609. The van der Waals surface area contributed by atoms with Crippen LogP contribution in [0, 0.1) is 6.92 Å². The molecule has 0 N–H and O–H groups in total. The SMILES string of the molecule is CC.Cc1ccc(N2C(=O)c3ccccc3C2=O)cc1. The Balaban J connectivity index is 0.000000704. The van der Waals surface area contributed by atoms with E-state index in [0.29, 0.717) is 16.8 Å². The van der Waals surface area contributed by atoms with Crippen LogP contribution < -0.4 is 4.90 Å². The molecule has 0 fully saturated rings. The Morgan fingerprint density at radius 2 is 1.20 bits per heavy atom. The lowest BCUT2D eigenvalue weighted by Gasteiger charge is -2.13. The van der Waals surface area contributed by atoms with Gasteiger partial charge in [-0.15, -0.1) is 0 Å². The summed E-state index contributed by atoms with van der Waals surface area (Å²) in [4.78, 5) is 25.6. The van der Waals surface area contributed by atoms with Crippen molar-refractivity contribution in [3.8, 4) is 0 Å². The molecule has 102 valence electrons. The average Bonchev–Trinajstić information content (AvgIpc) is 2.75. The van der Waals surface area contributed by atoms with Crippen molar-refractivity contribution in [3.05, 3.63) is 65.2 Å². The van der Waals surface area contributed by atoms with Crippen LogP contribution in [0.1, 0.15) is 40.1 Å². The predicted molar refractivity (Wildman–Crippen MR) is 80.1 cm³/mol. The van der Waals surface area contributed by atoms with Gasteiger partial charge in [-0.3, -0.25) is 9.59 Å². The molecule has 3 nitrogen and oxygen atoms in total. The zero-order chi connectivity index (χ0) is 14.7. The highest BCUT2D eigenvalue weighted by Gasteiger charge is 2.35. The number of hydrogen-bond donors (Lipinski definition) is 0. The Labute approximate surface area is 118 Å². The first-order chi connectivity index (χ1) is 9.68. The van der Waals surface area contributed by atoms with E-state index in [-0.39, 0.29) is 11.8 Å². The van der Waals surface area contributed by atoms with E-state index in [4.69, 9.17) is 0 Å². The molecule has 0 spiro atoms. The van der Waals surface area contributed by atoms with E-state index < -0.39 is 0 Å². The van der Waals surface area contributed by atoms with Gasteiger partial charge in [-0.05, 0) is 31.2 Å². The van der Waals surface area contributed by atoms with Gasteiger partial charge in [-0.2, -0.15) is 0 Å². The molecule has 0 aliphatic carbocycles. The van der Waals surface area contributed by atoms with Crippen molar-refractivity contribution in [1.82, 2.24) is 0 Å². The van der Waals surface area contributed by atoms with E-state index in [1.54, 1.807) is 36.4 Å². The monoisotopic (exact) mass is 267 g/mol. The maximum absolute atomic E-state index is 12.2. The zero-order valence-electron chi connectivity index (χ0n) is 11.9. The summed E-state index contributed by atoms with van der Waals surface area (Å²) >= 11 is 0. The van der Waals surface area contributed by atoms with Gasteiger partial charge in [0.25, 0.3) is 11.8 Å². The molecule has 0 radical (unpaired) electrons. The third-order valence-electron chi connectivity index (χ3n) is 3.09. The lowest BCUT2D eigenvalue weighted by atomic mass is 10.1. The van der Waals surface area contributed by atoms with Gasteiger partial charge >= 0.3 is 0 Å². The number of carbonyl (C=O) groups is 2. The number of benzene rings is 2. The fourth-order valence-electron chi connectivity index (χ4n) is 2.12. The van der Waals surface area contributed by atoms with Crippen molar-refractivity contribution in [3.63, 3.8) is 0 Å². The highest BCUT2D eigenvalue weighted by Crippen LogP contribution is 2.28. The molecule has 0 aromatic heterocycles. The number of anilines is 1. The van der Waals surface area contributed by atoms with Crippen molar-refractivity contribution < 1.29 is 9.59 Å². The van der Waals surface area contributed by atoms with E-state index in [9.17, 15) is 9.59 Å². The molecule has 0 bridgehead atoms. The highest BCUT2D eigenvalue weighted by molar-refractivity contribution is 6.34. The molecular weight excluding hydrogens is 250 g/mol. The van der Waals surface area contributed by atoms with Gasteiger partial charge in [0.1, 0.15) is 0 Å². The van der Waals surface area contributed by atoms with Gasteiger partial charge in [-0.25, -0.2) is 4.90 Å². The summed E-state index contributed by atoms with van der Waals surface area (Å²) in [6.07, 6.45) is 0. The highest BCUT2D eigenvalue weighted by atomic mass is 16.2. The van der Waals surface area contributed by atoms with Crippen LogP contribution in [0.3, 0.4) is 0 Å². The van der Waals surface area contributed by atoms with Gasteiger partial charge < -0.3 is 0 Å². The lowest BCUT2D eigenvalue weighted by molar-refractivity contribution is 0.0926. The van der Waals surface area contributed by atoms with Crippen LogP contribution in [0.25, 0.3) is 0 Å². The molecule has 1 aliphatic heterocycles. The molecule has 0 atom stereocenters. The van der Waals surface area contributed by atoms with Crippen LogP contribution >= 0.6 is 0 Å². The summed E-state index contributed by atoms with van der Waals surface area (Å²) < 4.78 is 0. The molecule has 2 aromatic carbocycles. The van der Waals surface area contributed by atoms with Crippen molar-refractivity contribution in [1.29, 1.82) is 0 Å². The normalized spacial score (nSPS) is 12.8. The van der Waals surface area contributed by atoms with E-state index in [1.165, 1.54) is 4.90 Å². The fraction of sp³-hybridized carbons (Fsp3) is 0.176. The second-order valence-electron chi connectivity index (χ2n) is 4.33. The number of aryl methyl sites for hydroxylation is 1. The molecule has 1 aliphatic rings. The molecule has 2 amide bonds. The van der Waals surface area contributed by atoms with Crippen LogP contribution in [0.4, 0.5) is 5.69 Å². The number of fused-ring (bicyclic) bond motifs is 1. The lowest BCUT2D eigenvalue weighted by Crippen LogP contribution is -2.29. The summed E-state index contributed by atoms with van der Waals surface area (Å²) in [6.45, 7) is 5.96. The number of nitrogens with zero attached hydrogens (tertiary/aromatic N) is 1. The van der Waals surface area contributed by atoms with Crippen molar-refractivity contribution in [2.75, 3.05) is 4.90 Å². The number of rotatable bonds is 1. The van der Waals surface area contributed by atoms with Crippen LogP contribution in [0.15, 0.2) is 48.5 Å². The molecule has 20 heavy (non-hydrogen) atoms. The molecule has 3 rings (SSSR count). The van der Waals surface area contributed by atoms with E-state index in [2.05, 4.69) is 0 Å². The van der Waals surface area contributed by atoms with Gasteiger partial charge in [0.05, 0.1) is 16.8 Å². The van der Waals surface area contributed by atoms with E-state index >= 15 is 0 Å². The number of imide groups is 1. The fourth-order valence-corrected chi connectivity index (χ4v) is 2.12. The molecule has 0 saturated carbocycles. The number of carbonyl (C=O) groups excluding carboxylic acids is 2. The van der Waals surface area contributed by atoms with Crippen molar-refractivity contribution >= 4 is 17.5 Å².